The Labute approximate surface area is 102 Å². The Hall–Kier alpha value is -1.65. The van der Waals surface area contributed by atoms with Crippen LogP contribution < -0.4 is 0 Å². The van der Waals surface area contributed by atoms with Gasteiger partial charge >= 0.3 is 0 Å². The molecular formula is C12H10ClN3O. The number of halogens is 1. The van der Waals surface area contributed by atoms with E-state index in [-0.39, 0.29) is 6.61 Å². The Morgan fingerprint density at radius 2 is 2.12 bits per heavy atom. The van der Waals surface area contributed by atoms with Gasteiger partial charge in [0.2, 0.25) is 0 Å². The molecule has 1 N–H and O–H groups in total. The number of hydrogen-bond donors (Lipinski definition) is 1. The monoisotopic (exact) mass is 247 g/mol. The van der Waals surface area contributed by atoms with Crippen molar-refractivity contribution in [3.8, 4) is 0 Å². The second kappa shape index (κ2) is 3.68. The molecule has 2 aromatic heterocycles. The van der Waals surface area contributed by atoms with E-state index in [1.54, 1.807) is 0 Å². The van der Waals surface area contributed by atoms with E-state index in [2.05, 4.69) is 10.2 Å². The predicted molar refractivity (Wildman–Crippen MR) is 66.2 cm³/mol. The Balaban J connectivity index is 2.58. The van der Waals surface area contributed by atoms with Crippen LogP contribution in [-0.2, 0) is 6.61 Å². The van der Waals surface area contributed by atoms with E-state index in [0.717, 1.165) is 22.1 Å². The van der Waals surface area contributed by atoms with Crippen LogP contribution in [0.1, 0.15) is 11.4 Å². The van der Waals surface area contributed by atoms with Gasteiger partial charge in [-0.15, -0.1) is 10.2 Å². The number of aryl methyl sites for hydroxylation is 1. The average molecular weight is 248 g/mol. The molecule has 0 aliphatic heterocycles. The van der Waals surface area contributed by atoms with Gasteiger partial charge in [-0.3, -0.25) is 4.40 Å². The summed E-state index contributed by atoms with van der Waals surface area (Å²) in [6.45, 7) is 1.87. The molecule has 0 saturated heterocycles. The zero-order valence-corrected chi connectivity index (χ0v) is 9.94. The Kier molecular flexibility index (Phi) is 2.28. The molecule has 3 rings (SSSR count). The number of benzene rings is 1. The molecule has 0 aliphatic carbocycles. The van der Waals surface area contributed by atoms with Crippen molar-refractivity contribution >= 4 is 28.2 Å². The van der Waals surface area contributed by atoms with Crippen LogP contribution >= 0.6 is 11.6 Å². The molecular weight excluding hydrogens is 238 g/mol. The van der Waals surface area contributed by atoms with E-state index in [9.17, 15) is 5.11 Å². The van der Waals surface area contributed by atoms with Gasteiger partial charge in [0.25, 0.3) is 0 Å². The van der Waals surface area contributed by atoms with Gasteiger partial charge in [-0.25, -0.2) is 0 Å². The largest absolute Gasteiger partial charge is 0.388 e. The molecule has 2 heterocycles. The summed E-state index contributed by atoms with van der Waals surface area (Å²) in [6.07, 6.45) is 0. The number of pyridine rings is 1. The zero-order chi connectivity index (χ0) is 12.0. The molecule has 0 saturated carbocycles. The molecule has 0 bridgehead atoms. The molecule has 17 heavy (non-hydrogen) atoms. The minimum Gasteiger partial charge on any atom is -0.388 e. The van der Waals surface area contributed by atoms with Gasteiger partial charge in [0, 0.05) is 10.4 Å². The number of aromatic nitrogens is 3. The summed E-state index contributed by atoms with van der Waals surface area (Å²) in [5.74, 6) is 0.521. The van der Waals surface area contributed by atoms with Crippen molar-refractivity contribution in [3.05, 3.63) is 40.7 Å². The zero-order valence-electron chi connectivity index (χ0n) is 9.18. The summed E-state index contributed by atoms with van der Waals surface area (Å²) in [5.41, 5.74) is 2.75. The summed E-state index contributed by atoms with van der Waals surface area (Å²) in [6, 6.07) is 7.63. The second-order valence-electron chi connectivity index (χ2n) is 3.96. The van der Waals surface area contributed by atoms with Crippen LogP contribution in [0.2, 0.25) is 5.02 Å². The van der Waals surface area contributed by atoms with Gasteiger partial charge < -0.3 is 5.11 Å². The lowest BCUT2D eigenvalue weighted by Crippen LogP contribution is -1.97. The first-order chi connectivity index (χ1) is 8.20. The van der Waals surface area contributed by atoms with Crippen LogP contribution in [0.4, 0.5) is 0 Å². The molecule has 5 heteroatoms. The van der Waals surface area contributed by atoms with Crippen molar-refractivity contribution in [2.75, 3.05) is 0 Å². The third-order valence-corrected chi connectivity index (χ3v) is 3.10. The first kappa shape index (κ1) is 10.5. The van der Waals surface area contributed by atoms with E-state index in [1.807, 2.05) is 35.6 Å². The van der Waals surface area contributed by atoms with Crippen LogP contribution in [0.15, 0.2) is 24.3 Å². The normalized spacial score (nSPS) is 11.5. The van der Waals surface area contributed by atoms with E-state index in [0.29, 0.717) is 10.8 Å². The van der Waals surface area contributed by atoms with Gasteiger partial charge in [0.05, 0.1) is 5.52 Å². The molecule has 0 atom stereocenters. The summed E-state index contributed by atoms with van der Waals surface area (Å²) in [5, 5.41) is 19.0. The van der Waals surface area contributed by atoms with Crippen molar-refractivity contribution in [3.63, 3.8) is 0 Å². The molecule has 0 amide bonds. The van der Waals surface area contributed by atoms with Gasteiger partial charge in [-0.2, -0.15) is 0 Å². The first-order valence-electron chi connectivity index (χ1n) is 5.24. The van der Waals surface area contributed by atoms with Crippen molar-refractivity contribution in [2.24, 2.45) is 0 Å². The summed E-state index contributed by atoms with van der Waals surface area (Å²) in [7, 11) is 0. The Morgan fingerprint density at radius 1 is 1.29 bits per heavy atom. The lowest BCUT2D eigenvalue weighted by atomic mass is 10.1. The van der Waals surface area contributed by atoms with Crippen molar-refractivity contribution in [1.29, 1.82) is 0 Å². The minimum absolute atomic E-state index is 0.147. The lowest BCUT2D eigenvalue weighted by molar-refractivity contribution is 0.270. The third kappa shape index (κ3) is 1.49. The van der Waals surface area contributed by atoms with E-state index >= 15 is 0 Å². The second-order valence-corrected chi connectivity index (χ2v) is 4.39. The van der Waals surface area contributed by atoms with Gasteiger partial charge in [0.15, 0.2) is 11.5 Å². The van der Waals surface area contributed by atoms with Gasteiger partial charge in [-0.1, -0.05) is 17.7 Å². The number of fused-ring (bicyclic) bond motifs is 3. The fourth-order valence-electron chi connectivity index (χ4n) is 2.08. The molecule has 0 spiro atoms. The fourth-order valence-corrected chi connectivity index (χ4v) is 2.25. The third-order valence-electron chi connectivity index (χ3n) is 2.87. The highest BCUT2D eigenvalue weighted by Crippen LogP contribution is 2.24. The number of rotatable bonds is 1. The number of aliphatic hydroxyl groups is 1. The number of nitrogens with zero attached hydrogens (tertiary/aromatic N) is 3. The fraction of sp³-hybridized carbons (Fsp3) is 0.167. The van der Waals surface area contributed by atoms with Crippen molar-refractivity contribution in [2.45, 2.75) is 13.5 Å². The quantitative estimate of drug-likeness (QED) is 0.718. The maximum absolute atomic E-state index is 9.27. The summed E-state index contributed by atoms with van der Waals surface area (Å²) < 4.78 is 1.83. The molecule has 4 nitrogen and oxygen atoms in total. The van der Waals surface area contributed by atoms with Crippen molar-refractivity contribution < 1.29 is 5.11 Å². The highest BCUT2D eigenvalue weighted by molar-refractivity contribution is 6.31. The summed E-state index contributed by atoms with van der Waals surface area (Å²) in [4.78, 5) is 0. The van der Waals surface area contributed by atoms with Gasteiger partial charge in [-0.05, 0) is 30.7 Å². The maximum atomic E-state index is 9.27. The Morgan fingerprint density at radius 3 is 2.88 bits per heavy atom. The topological polar surface area (TPSA) is 50.4 Å². The highest BCUT2D eigenvalue weighted by Gasteiger charge is 2.10. The lowest BCUT2D eigenvalue weighted by Gasteiger charge is -2.07. The van der Waals surface area contributed by atoms with E-state index < -0.39 is 0 Å². The smallest absolute Gasteiger partial charge is 0.163 e. The van der Waals surface area contributed by atoms with E-state index in [1.165, 1.54) is 0 Å². The SMILES string of the molecule is Cc1cc2nnc(CO)n2c2cc(Cl)ccc12. The first-order valence-corrected chi connectivity index (χ1v) is 5.62. The molecule has 3 aromatic rings. The van der Waals surface area contributed by atoms with Crippen LogP contribution in [0.25, 0.3) is 16.6 Å². The van der Waals surface area contributed by atoms with Crippen LogP contribution in [0, 0.1) is 6.92 Å². The van der Waals surface area contributed by atoms with Crippen LogP contribution in [0.5, 0.6) is 0 Å². The standard InChI is InChI=1S/C12H10ClN3O/c1-7-4-11-14-15-12(6-17)16(11)10-5-8(13)2-3-9(7)10/h2-5,17H,6H2,1H3. The van der Waals surface area contributed by atoms with E-state index in [4.69, 9.17) is 11.6 Å². The maximum Gasteiger partial charge on any atom is 0.163 e. The number of aliphatic hydroxyl groups excluding tert-OH is 1. The Bertz CT molecular complexity index is 720. The molecule has 0 fully saturated rings. The molecule has 86 valence electrons. The highest BCUT2D eigenvalue weighted by atomic mass is 35.5. The molecule has 0 unspecified atom stereocenters. The predicted octanol–water partition coefficient (Wildman–Crippen LogP) is 2.34. The minimum atomic E-state index is -0.147. The molecule has 0 aliphatic rings. The van der Waals surface area contributed by atoms with Crippen molar-refractivity contribution in [1.82, 2.24) is 14.6 Å². The van der Waals surface area contributed by atoms with Crippen LogP contribution in [-0.4, -0.2) is 19.7 Å². The van der Waals surface area contributed by atoms with Crippen LogP contribution in [0.3, 0.4) is 0 Å². The van der Waals surface area contributed by atoms with Gasteiger partial charge in [0.1, 0.15) is 6.61 Å². The molecule has 1 aromatic carbocycles. The summed E-state index contributed by atoms with van der Waals surface area (Å²) >= 11 is 6.02. The molecule has 0 radical (unpaired) electrons. The number of hydrogen-bond acceptors (Lipinski definition) is 3. The average Bonchev–Trinajstić information content (AvgIpc) is 2.71.